The smallest absolute Gasteiger partial charge is 0.0526 e. The van der Waals surface area contributed by atoms with E-state index >= 15 is 0 Å². The third-order valence-electron chi connectivity index (χ3n) is 1.99. The summed E-state index contributed by atoms with van der Waals surface area (Å²) in [5, 5.41) is 3.22. The van der Waals surface area contributed by atoms with Crippen molar-refractivity contribution in [2.75, 3.05) is 5.32 Å². The number of rotatable bonds is 0. The van der Waals surface area contributed by atoms with Gasteiger partial charge in [0.15, 0.2) is 0 Å². The van der Waals surface area contributed by atoms with E-state index in [2.05, 4.69) is 43.6 Å². The third kappa shape index (κ3) is 1.49. The predicted octanol–water partition coefficient (Wildman–Crippen LogP) is 3.54. The maximum absolute atomic E-state index is 3.92. The second kappa shape index (κ2) is 2.96. The van der Waals surface area contributed by atoms with Crippen LogP contribution in [0.15, 0.2) is 46.9 Å². The van der Waals surface area contributed by atoms with Gasteiger partial charge >= 0.3 is 0 Å². The van der Waals surface area contributed by atoms with Gasteiger partial charge in [-0.05, 0) is 24.6 Å². The average molecular weight is 189 g/mol. The Labute approximate surface area is 82.5 Å². The van der Waals surface area contributed by atoms with Gasteiger partial charge in [-0.25, -0.2) is 0 Å². The van der Waals surface area contributed by atoms with Crippen molar-refractivity contribution in [3.05, 3.63) is 47.5 Å². The Bertz CT molecular complexity index is 393. The molecule has 0 aromatic heterocycles. The Morgan fingerprint density at radius 3 is 2.85 bits per heavy atom. The molecule has 0 unspecified atom stereocenters. The lowest BCUT2D eigenvalue weighted by Crippen LogP contribution is -2.05. The molecule has 1 aliphatic heterocycles. The van der Waals surface area contributed by atoms with Gasteiger partial charge in [-0.3, -0.25) is 0 Å². The van der Waals surface area contributed by atoms with Crippen molar-refractivity contribution in [3.8, 4) is 0 Å². The highest BCUT2D eigenvalue weighted by Gasteiger charge is 2.14. The van der Waals surface area contributed by atoms with E-state index in [1.54, 1.807) is 11.8 Å². The van der Waals surface area contributed by atoms with Crippen LogP contribution in [0.3, 0.4) is 0 Å². The molecule has 0 spiro atoms. The lowest BCUT2D eigenvalue weighted by atomic mass is 10.2. The van der Waals surface area contributed by atoms with E-state index in [-0.39, 0.29) is 0 Å². The summed E-state index contributed by atoms with van der Waals surface area (Å²) >= 11 is 1.68. The zero-order valence-electron chi connectivity index (χ0n) is 7.55. The fraction of sp³-hybridized carbons (Fsp3) is 0.0909. The summed E-state index contributed by atoms with van der Waals surface area (Å²) in [6, 6.07) is 6.33. The zero-order chi connectivity index (χ0) is 9.42. The standard InChI is InChI=1S/C11H11NS/c1-7-4-5-10-11(6-7)13-9(3)8(2)12-10/h4-6,12H,2-3H2,1H3. The first-order valence-corrected chi connectivity index (χ1v) is 4.92. The van der Waals surface area contributed by atoms with Crippen molar-refractivity contribution in [2.45, 2.75) is 11.8 Å². The Morgan fingerprint density at radius 2 is 2.08 bits per heavy atom. The van der Waals surface area contributed by atoms with Crippen LogP contribution in [0.5, 0.6) is 0 Å². The van der Waals surface area contributed by atoms with Crippen LogP contribution in [-0.4, -0.2) is 0 Å². The molecule has 1 aromatic rings. The number of benzene rings is 1. The molecule has 0 radical (unpaired) electrons. The van der Waals surface area contributed by atoms with E-state index in [0.717, 1.165) is 16.3 Å². The molecule has 0 amide bonds. The van der Waals surface area contributed by atoms with Crippen LogP contribution < -0.4 is 5.32 Å². The number of hydrogen-bond donors (Lipinski definition) is 1. The van der Waals surface area contributed by atoms with E-state index in [1.165, 1.54) is 10.5 Å². The second-order valence-corrected chi connectivity index (χ2v) is 4.27. The molecular weight excluding hydrogens is 178 g/mol. The number of thioether (sulfide) groups is 1. The minimum Gasteiger partial charge on any atom is -0.354 e. The Balaban J connectivity index is 2.48. The molecule has 2 rings (SSSR count). The fourth-order valence-corrected chi connectivity index (χ4v) is 2.16. The van der Waals surface area contributed by atoms with Gasteiger partial charge in [0.1, 0.15) is 0 Å². The maximum Gasteiger partial charge on any atom is 0.0526 e. The number of nitrogens with one attached hydrogen (secondary N) is 1. The van der Waals surface area contributed by atoms with Gasteiger partial charge in [0.25, 0.3) is 0 Å². The lowest BCUT2D eigenvalue weighted by Gasteiger charge is -2.21. The summed E-state index contributed by atoms with van der Waals surface area (Å²) in [6.45, 7) is 9.90. The van der Waals surface area contributed by atoms with Crippen LogP contribution in [-0.2, 0) is 0 Å². The molecule has 0 saturated carbocycles. The normalized spacial score (nSPS) is 15.2. The van der Waals surface area contributed by atoms with Crippen molar-refractivity contribution in [2.24, 2.45) is 0 Å². The maximum atomic E-state index is 3.92. The molecule has 0 saturated heterocycles. The van der Waals surface area contributed by atoms with Crippen LogP contribution in [0, 0.1) is 6.92 Å². The number of fused-ring (bicyclic) bond motifs is 1. The molecule has 66 valence electrons. The van der Waals surface area contributed by atoms with Gasteiger partial charge in [0, 0.05) is 15.5 Å². The molecule has 13 heavy (non-hydrogen) atoms. The molecule has 1 heterocycles. The molecule has 1 nitrogen and oxygen atoms in total. The van der Waals surface area contributed by atoms with Crippen LogP contribution in [0.25, 0.3) is 0 Å². The minimum atomic E-state index is 0.904. The van der Waals surface area contributed by atoms with Gasteiger partial charge in [0.05, 0.1) is 5.69 Å². The summed E-state index contributed by atoms with van der Waals surface area (Å²) in [4.78, 5) is 2.23. The van der Waals surface area contributed by atoms with Gasteiger partial charge in [-0.2, -0.15) is 0 Å². The SMILES string of the molecule is C=C1Nc2ccc(C)cc2SC1=C. The van der Waals surface area contributed by atoms with Gasteiger partial charge < -0.3 is 5.32 Å². The lowest BCUT2D eigenvalue weighted by molar-refractivity contribution is 1.31. The molecule has 0 fully saturated rings. The van der Waals surface area contributed by atoms with Crippen LogP contribution in [0.1, 0.15) is 5.56 Å². The Kier molecular flexibility index (Phi) is 1.93. The van der Waals surface area contributed by atoms with E-state index < -0.39 is 0 Å². The number of hydrogen-bond acceptors (Lipinski definition) is 2. The monoisotopic (exact) mass is 189 g/mol. The molecule has 0 aliphatic carbocycles. The molecule has 1 N–H and O–H groups in total. The van der Waals surface area contributed by atoms with Crippen molar-refractivity contribution >= 4 is 17.4 Å². The number of aryl methyl sites for hydroxylation is 1. The highest BCUT2D eigenvalue weighted by molar-refractivity contribution is 8.03. The van der Waals surface area contributed by atoms with Gasteiger partial charge in [-0.1, -0.05) is 31.0 Å². The molecular formula is C11H11NS. The topological polar surface area (TPSA) is 12.0 Å². The Hall–Kier alpha value is -1.15. The van der Waals surface area contributed by atoms with E-state index in [0.29, 0.717) is 0 Å². The molecule has 2 heteroatoms. The van der Waals surface area contributed by atoms with Crippen molar-refractivity contribution in [3.63, 3.8) is 0 Å². The van der Waals surface area contributed by atoms with Crippen LogP contribution >= 0.6 is 11.8 Å². The second-order valence-electron chi connectivity index (χ2n) is 3.13. The van der Waals surface area contributed by atoms with Crippen LogP contribution in [0.4, 0.5) is 5.69 Å². The minimum absolute atomic E-state index is 0.904. The van der Waals surface area contributed by atoms with Crippen molar-refractivity contribution < 1.29 is 0 Å². The fourth-order valence-electron chi connectivity index (χ4n) is 1.24. The molecule has 0 atom stereocenters. The summed E-state index contributed by atoms with van der Waals surface area (Å²) in [6.07, 6.45) is 0. The zero-order valence-corrected chi connectivity index (χ0v) is 8.37. The van der Waals surface area contributed by atoms with E-state index in [9.17, 15) is 0 Å². The van der Waals surface area contributed by atoms with Crippen molar-refractivity contribution in [1.82, 2.24) is 0 Å². The van der Waals surface area contributed by atoms with Crippen molar-refractivity contribution in [1.29, 1.82) is 0 Å². The van der Waals surface area contributed by atoms with Crippen LogP contribution in [0.2, 0.25) is 0 Å². The molecule has 0 bridgehead atoms. The van der Waals surface area contributed by atoms with E-state index in [1.807, 2.05) is 0 Å². The highest BCUT2D eigenvalue weighted by atomic mass is 32.2. The molecule has 1 aliphatic rings. The largest absolute Gasteiger partial charge is 0.354 e. The van der Waals surface area contributed by atoms with Gasteiger partial charge in [0.2, 0.25) is 0 Å². The first-order valence-electron chi connectivity index (χ1n) is 4.10. The first kappa shape index (κ1) is 8.45. The average Bonchev–Trinajstić information content (AvgIpc) is 2.08. The number of anilines is 1. The first-order chi connectivity index (χ1) is 6.16. The van der Waals surface area contributed by atoms with Gasteiger partial charge in [-0.15, -0.1) is 0 Å². The summed E-state index contributed by atoms with van der Waals surface area (Å²) in [5.74, 6) is 0. The summed E-state index contributed by atoms with van der Waals surface area (Å²) in [5.41, 5.74) is 3.31. The molecule has 1 aromatic carbocycles. The third-order valence-corrected chi connectivity index (χ3v) is 3.04. The highest BCUT2D eigenvalue weighted by Crippen LogP contribution is 2.40. The Morgan fingerprint density at radius 1 is 1.31 bits per heavy atom. The van der Waals surface area contributed by atoms with E-state index in [4.69, 9.17) is 0 Å². The summed E-state index contributed by atoms with van der Waals surface area (Å²) < 4.78 is 0. The predicted molar refractivity (Wildman–Crippen MR) is 58.9 cm³/mol. The quantitative estimate of drug-likeness (QED) is 0.670. The summed E-state index contributed by atoms with van der Waals surface area (Å²) in [7, 11) is 0.